The number of hydrogen-bond donors (Lipinski definition) is 1. The summed E-state index contributed by atoms with van der Waals surface area (Å²) in [5.41, 5.74) is 6.81. The zero-order chi connectivity index (χ0) is 22.6. The molecule has 33 heavy (non-hydrogen) atoms. The van der Waals surface area contributed by atoms with Crippen LogP contribution in [0.25, 0.3) is 35.2 Å². The van der Waals surface area contributed by atoms with Crippen molar-refractivity contribution in [3.8, 4) is 0 Å². The molecule has 2 aromatic carbocycles. The minimum atomic E-state index is 0.920. The Kier molecular flexibility index (Phi) is 6.13. The van der Waals surface area contributed by atoms with Crippen LogP contribution in [-0.2, 0) is 7.05 Å². The molecule has 0 saturated carbocycles. The van der Waals surface area contributed by atoms with Gasteiger partial charge in [0.1, 0.15) is 0 Å². The molecule has 0 radical (unpaired) electrons. The summed E-state index contributed by atoms with van der Waals surface area (Å²) in [4.78, 5) is 4.90. The molecule has 2 aromatic heterocycles. The van der Waals surface area contributed by atoms with Gasteiger partial charge in [0.25, 0.3) is 0 Å². The van der Waals surface area contributed by atoms with Gasteiger partial charge < -0.3 is 14.4 Å². The largest absolute Gasteiger partial charge is 0.370 e. The maximum atomic E-state index is 4.42. The Bertz CT molecular complexity index is 1280. The van der Waals surface area contributed by atoms with Crippen LogP contribution >= 0.6 is 0 Å². The second kappa shape index (κ2) is 9.51. The van der Waals surface area contributed by atoms with E-state index in [9.17, 15) is 0 Å². The van der Waals surface area contributed by atoms with Gasteiger partial charge in [0.05, 0.1) is 11.4 Å². The summed E-state index contributed by atoms with van der Waals surface area (Å²) in [6, 6.07) is 19.5. The molecule has 0 amide bonds. The van der Waals surface area contributed by atoms with E-state index in [0.717, 1.165) is 31.0 Å². The molecule has 4 aromatic rings. The zero-order valence-electron chi connectivity index (χ0n) is 19.4. The molecule has 1 saturated heterocycles. The van der Waals surface area contributed by atoms with Gasteiger partial charge in [-0.3, -0.25) is 5.10 Å². The molecule has 1 fully saturated rings. The molecule has 5 rings (SSSR count). The van der Waals surface area contributed by atoms with E-state index in [0.29, 0.717) is 0 Å². The van der Waals surface area contributed by atoms with E-state index in [4.69, 9.17) is 0 Å². The lowest BCUT2D eigenvalue weighted by atomic mass is 10.1. The maximum Gasteiger partial charge on any atom is 0.0854 e. The summed E-state index contributed by atoms with van der Waals surface area (Å²) in [5, 5.41) is 8.80. The molecule has 1 N–H and O–H groups in total. The highest BCUT2D eigenvalue weighted by atomic mass is 15.2. The van der Waals surface area contributed by atoms with Crippen LogP contribution in [0.5, 0.6) is 0 Å². The third kappa shape index (κ3) is 5.10. The normalized spacial score (nSPS) is 15.8. The quantitative estimate of drug-likeness (QED) is 0.455. The third-order valence-corrected chi connectivity index (χ3v) is 6.41. The Balaban J connectivity index is 1.22. The molecule has 0 aliphatic carbocycles. The van der Waals surface area contributed by atoms with E-state index in [-0.39, 0.29) is 0 Å². The highest BCUT2D eigenvalue weighted by Gasteiger charge is 2.12. The number of fused-ring (bicyclic) bond motifs is 1. The zero-order valence-corrected chi connectivity index (χ0v) is 19.4. The fourth-order valence-corrected chi connectivity index (χ4v) is 4.38. The van der Waals surface area contributed by atoms with Crippen LogP contribution in [-0.4, -0.2) is 52.9 Å². The number of anilines is 1. The number of aryl methyl sites for hydroxylation is 1. The number of benzene rings is 2. The molecule has 1 aliphatic rings. The first-order chi connectivity index (χ1) is 16.1. The number of nitrogens with one attached hydrogen (secondary N) is 1. The average Bonchev–Trinajstić information content (AvgIpc) is 3.38. The van der Waals surface area contributed by atoms with Crippen molar-refractivity contribution in [3.63, 3.8) is 0 Å². The summed E-state index contributed by atoms with van der Waals surface area (Å²) in [7, 11) is 4.28. The predicted octanol–water partition coefficient (Wildman–Crippen LogP) is 5.38. The molecule has 0 unspecified atom stereocenters. The molecular weight excluding hydrogens is 406 g/mol. The van der Waals surface area contributed by atoms with E-state index >= 15 is 0 Å². The molecule has 3 heterocycles. The van der Waals surface area contributed by atoms with E-state index in [1.54, 1.807) is 0 Å². The molecule has 0 atom stereocenters. The van der Waals surface area contributed by atoms with E-state index < -0.39 is 0 Å². The van der Waals surface area contributed by atoms with Crippen LogP contribution in [0.2, 0.25) is 0 Å². The molecule has 0 spiro atoms. The molecular formula is C28H31N5. The van der Waals surface area contributed by atoms with Crippen LogP contribution in [0.1, 0.15) is 28.9 Å². The molecule has 5 heteroatoms. The van der Waals surface area contributed by atoms with E-state index in [2.05, 4.69) is 118 Å². The van der Waals surface area contributed by atoms with Gasteiger partial charge in [0, 0.05) is 44.1 Å². The monoisotopic (exact) mass is 437 g/mol. The van der Waals surface area contributed by atoms with Crippen molar-refractivity contribution < 1.29 is 0 Å². The molecule has 5 nitrogen and oxygen atoms in total. The topological polar surface area (TPSA) is 40.1 Å². The summed E-state index contributed by atoms with van der Waals surface area (Å²) < 4.78 is 2.14. The number of aromatic nitrogens is 3. The first-order valence-corrected chi connectivity index (χ1v) is 11.6. The maximum absolute atomic E-state index is 4.42. The van der Waals surface area contributed by atoms with Gasteiger partial charge in [-0.15, -0.1) is 0 Å². The summed E-state index contributed by atoms with van der Waals surface area (Å²) in [5.74, 6) is 0. The van der Waals surface area contributed by atoms with Gasteiger partial charge in [0.2, 0.25) is 0 Å². The highest BCUT2D eigenvalue weighted by molar-refractivity contribution is 5.84. The fraction of sp³-hybridized carbons (Fsp3) is 0.250. The van der Waals surface area contributed by atoms with Gasteiger partial charge in [-0.05, 0) is 79.0 Å². The summed E-state index contributed by atoms with van der Waals surface area (Å²) in [6.07, 6.45) is 11.7. The Morgan fingerprint density at radius 3 is 2.48 bits per heavy atom. The van der Waals surface area contributed by atoms with E-state index in [1.807, 2.05) is 6.08 Å². The van der Waals surface area contributed by atoms with Crippen LogP contribution in [0.4, 0.5) is 5.69 Å². The molecule has 1 aliphatic heterocycles. The standard InChI is InChI=1S/C28H31N5/c1-31-15-3-16-33(19-18-31)27-12-7-22(8-13-27)5-10-25-21-26(30-29-25)11-6-23-4-9-24-14-17-32(2)28(24)20-23/h4-14,17,20-21H,3,15-16,18-19H2,1-2H3,(H,29,30)/b10-5+,11-6+. The van der Waals surface area contributed by atoms with Crippen molar-refractivity contribution in [1.82, 2.24) is 19.7 Å². The number of hydrogen-bond acceptors (Lipinski definition) is 3. The highest BCUT2D eigenvalue weighted by Crippen LogP contribution is 2.20. The lowest BCUT2D eigenvalue weighted by Gasteiger charge is -2.22. The van der Waals surface area contributed by atoms with Gasteiger partial charge in [-0.1, -0.05) is 36.4 Å². The van der Waals surface area contributed by atoms with Crippen LogP contribution in [0.15, 0.2) is 60.8 Å². The lowest BCUT2D eigenvalue weighted by Crippen LogP contribution is -2.28. The third-order valence-electron chi connectivity index (χ3n) is 6.41. The average molecular weight is 438 g/mol. The second-order valence-electron chi connectivity index (χ2n) is 8.90. The van der Waals surface area contributed by atoms with Crippen molar-refractivity contribution >= 4 is 40.9 Å². The van der Waals surface area contributed by atoms with Gasteiger partial charge >= 0.3 is 0 Å². The SMILES string of the molecule is CN1CCCN(c2ccc(/C=C/c3cc(/C=C/c4ccc5ccn(C)c5c4)n[nH]3)cc2)CC1. The number of nitrogens with zero attached hydrogens (tertiary/aromatic N) is 4. The number of rotatable bonds is 5. The summed E-state index contributed by atoms with van der Waals surface area (Å²) in [6.45, 7) is 4.53. The van der Waals surface area contributed by atoms with Crippen molar-refractivity contribution in [2.24, 2.45) is 7.05 Å². The van der Waals surface area contributed by atoms with Crippen molar-refractivity contribution in [1.29, 1.82) is 0 Å². The minimum Gasteiger partial charge on any atom is -0.370 e. The van der Waals surface area contributed by atoms with Gasteiger partial charge in [-0.25, -0.2) is 0 Å². The van der Waals surface area contributed by atoms with Gasteiger partial charge in [-0.2, -0.15) is 5.10 Å². The second-order valence-corrected chi connectivity index (χ2v) is 8.90. The van der Waals surface area contributed by atoms with Crippen LogP contribution in [0, 0.1) is 0 Å². The van der Waals surface area contributed by atoms with Crippen molar-refractivity contribution in [3.05, 3.63) is 83.3 Å². The number of H-pyrrole nitrogens is 1. The van der Waals surface area contributed by atoms with Crippen molar-refractivity contribution in [2.75, 3.05) is 38.1 Å². The fourth-order valence-electron chi connectivity index (χ4n) is 4.38. The Hall–Kier alpha value is -3.57. The van der Waals surface area contributed by atoms with Gasteiger partial charge in [0.15, 0.2) is 0 Å². The molecule has 0 bridgehead atoms. The lowest BCUT2D eigenvalue weighted by molar-refractivity contribution is 0.360. The first kappa shape index (κ1) is 21.3. The predicted molar refractivity (Wildman–Crippen MR) is 140 cm³/mol. The smallest absolute Gasteiger partial charge is 0.0854 e. The van der Waals surface area contributed by atoms with Crippen LogP contribution < -0.4 is 4.90 Å². The molecule has 168 valence electrons. The Morgan fingerprint density at radius 2 is 1.61 bits per heavy atom. The summed E-state index contributed by atoms with van der Waals surface area (Å²) >= 11 is 0. The Morgan fingerprint density at radius 1 is 0.788 bits per heavy atom. The minimum absolute atomic E-state index is 0.920. The van der Waals surface area contributed by atoms with Crippen molar-refractivity contribution in [2.45, 2.75) is 6.42 Å². The Labute approximate surface area is 195 Å². The van der Waals surface area contributed by atoms with E-state index in [1.165, 1.54) is 40.7 Å². The number of aromatic amines is 1. The number of likely N-dealkylation sites (N-methyl/N-ethyl adjacent to an activating group) is 1. The first-order valence-electron chi connectivity index (χ1n) is 11.6. The van der Waals surface area contributed by atoms with Crippen LogP contribution in [0.3, 0.4) is 0 Å².